The van der Waals surface area contributed by atoms with E-state index in [9.17, 15) is 0 Å². The van der Waals surface area contributed by atoms with Gasteiger partial charge in [0.05, 0.1) is 24.2 Å². The molecule has 0 saturated carbocycles. The SMILES string of the molecule is COCCn1nc(C)c(CNc2ncnc3scc(-c4ccc(C)cc4)c23)c1C. The summed E-state index contributed by atoms with van der Waals surface area (Å²) in [5.41, 5.74) is 6.97. The molecule has 4 rings (SSSR count). The van der Waals surface area contributed by atoms with Gasteiger partial charge in [-0.05, 0) is 26.3 Å². The van der Waals surface area contributed by atoms with Gasteiger partial charge in [0.2, 0.25) is 0 Å². The van der Waals surface area contributed by atoms with E-state index >= 15 is 0 Å². The highest BCUT2D eigenvalue weighted by molar-refractivity contribution is 7.17. The third kappa shape index (κ3) is 3.88. The van der Waals surface area contributed by atoms with Crippen LogP contribution >= 0.6 is 11.3 Å². The zero-order valence-electron chi connectivity index (χ0n) is 17.2. The summed E-state index contributed by atoms with van der Waals surface area (Å²) in [7, 11) is 1.71. The Labute approximate surface area is 174 Å². The zero-order chi connectivity index (χ0) is 20.4. The summed E-state index contributed by atoms with van der Waals surface area (Å²) in [6.07, 6.45) is 1.63. The number of methoxy groups -OCH3 is 1. The second kappa shape index (κ2) is 8.31. The number of aryl methyl sites for hydroxylation is 2. The van der Waals surface area contributed by atoms with Gasteiger partial charge in [-0.1, -0.05) is 29.8 Å². The van der Waals surface area contributed by atoms with E-state index < -0.39 is 0 Å². The first-order chi connectivity index (χ1) is 14.1. The summed E-state index contributed by atoms with van der Waals surface area (Å²) in [6.45, 7) is 8.32. The van der Waals surface area contributed by atoms with Gasteiger partial charge in [0, 0.05) is 35.9 Å². The van der Waals surface area contributed by atoms with Crippen LogP contribution in [0.4, 0.5) is 5.82 Å². The summed E-state index contributed by atoms with van der Waals surface area (Å²) in [5, 5.41) is 11.4. The molecule has 3 heterocycles. The van der Waals surface area contributed by atoms with Crippen molar-refractivity contribution in [3.63, 3.8) is 0 Å². The summed E-state index contributed by atoms with van der Waals surface area (Å²) in [4.78, 5) is 10.0. The molecule has 0 amide bonds. The first-order valence-electron chi connectivity index (χ1n) is 9.63. The Morgan fingerprint density at radius 1 is 1.10 bits per heavy atom. The van der Waals surface area contributed by atoms with Crippen LogP contribution in [0.1, 0.15) is 22.5 Å². The lowest BCUT2D eigenvalue weighted by Gasteiger charge is -2.10. The molecular weight excluding hydrogens is 382 g/mol. The van der Waals surface area contributed by atoms with Gasteiger partial charge in [0.25, 0.3) is 0 Å². The molecule has 7 heteroatoms. The predicted molar refractivity (Wildman–Crippen MR) is 118 cm³/mol. The highest BCUT2D eigenvalue weighted by Crippen LogP contribution is 2.36. The minimum absolute atomic E-state index is 0.649. The van der Waals surface area contributed by atoms with Crippen LogP contribution in [-0.2, 0) is 17.8 Å². The second-order valence-corrected chi connectivity index (χ2v) is 7.99. The quantitative estimate of drug-likeness (QED) is 0.479. The summed E-state index contributed by atoms with van der Waals surface area (Å²) in [6, 6.07) is 8.58. The van der Waals surface area contributed by atoms with E-state index in [1.807, 2.05) is 11.6 Å². The fraction of sp³-hybridized carbons (Fsp3) is 0.318. The van der Waals surface area contributed by atoms with Gasteiger partial charge >= 0.3 is 0 Å². The third-order valence-electron chi connectivity index (χ3n) is 5.20. The Kier molecular flexibility index (Phi) is 5.60. The molecule has 1 N–H and O–H groups in total. The van der Waals surface area contributed by atoms with Gasteiger partial charge < -0.3 is 10.1 Å². The Bertz CT molecular complexity index is 1130. The van der Waals surface area contributed by atoms with Gasteiger partial charge in [-0.25, -0.2) is 9.97 Å². The van der Waals surface area contributed by atoms with Crippen molar-refractivity contribution >= 4 is 27.4 Å². The van der Waals surface area contributed by atoms with Crippen molar-refractivity contribution in [3.05, 3.63) is 58.5 Å². The van der Waals surface area contributed by atoms with Crippen LogP contribution in [0.15, 0.2) is 36.0 Å². The van der Waals surface area contributed by atoms with Crippen molar-refractivity contribution in [1.82, 2.24) is 19.7 Å². The number of aromatic nitrogens is 4. The maximum absolute atomic E-state index is 5.19. The summed E-state index contributed by atoms with van der Waals surface area (Å²) >= 11 is 1.65. The number of hydrogen-bond acceptors (Lipinski definition) is 6. The van der Waals surface area contributed by atoms with Crippen LogP contribution in [-0.4, -0.2) is 33.5 Å². The van der Waals surface area contributed by atoms with Gasteiger partial charge in [-0.2, -0.15) is 5.10 Å². The fourth-order valence-corrected chi connectivity index (χ4v) is 4.43. The van der Waals surface area contributed by atoms with E-state index in [4.69, 9.17) is 4.74 Å². The van der Waals surface area contributed by atoms with Crippen LogP contribution in [0, 0.1) is 20.8 Å². The van der Waals surface area contributed by atoms with Crippen molar-refractivity contribution in [2.75, 3.05) is 19.0 Å². The Hall–Kier alpha value is -2.77. The molecule has 0 bridgehead atoms. The first-order valence-corrected chi connectivity index (χ1v) is 10.5. The Balaban J connectivity index is 1.65. The number of benzene rings is 1. The average molecular weight is 408 g/mol. The number of anilines is 1. The lowest BCUT2D eigenvalue weighted by molar-refractivity contribution is 0.182. The largest absolute Gasteiger partial charge is 0.383 e. The van der Waals surface area contributed by atoms with Crippen LogP contribution in [0.5, 0.6) is 0 Å². The molecule has 0 unspecified atom stereocenters. The molecule has 6 nitrogen and oxygen atoms in total. The fourth-order valence-electron chi connectivity index (χ4n) is 3.51. The number of nitrogens with one attached hydrogen (secondary N) is 1. The molecule has 4 aromatic rings. The maximum atomic E-state index is 5.19. The third-order valence-corrected chi connectivity index (χ3v) is 6.09. The molecule has 0 aliphatic heterocycles. The van der Waals surface area contributed by atoms with Gasteiger partial charge in [0.1, 0.15) is 17.0 Å². The standard InChI is InChI=1S/C22H25N5OS/c1-14-5-7-17(8-6-14)19-12-29-22-20(19)21(24-13-25-22)23-11-18-15(2)26-27(16(18)3)9-10-28-4/h5-8,12-13H,9-11H2,1-4H3,(H,23,24,25). The van der Waals surface area contributed by atoms with Crippen molar-refractivity contribution in [2.45, 2.75) is 33.9 Å². The Morgan fingerprint density at radius 2 is 1.90 bits per heavy atom. The van der Waals surface area contributed by atoms with E-state index in [2.05, 4.69) is 63.9 Å². The normalized spacial score (nSPS) is 11.3. The second-order valence-electron chi connectivity index (χ2n) is 7.14. The molecule has 1 aromatic carbocycles. The average Bonchev–Trinajstić information content (AvgIpc) is 3.27. The van der Waals surface area contributed by atoms with E-state index in [1.54, 1.807) is 24.8 Å². The van der Waals surface area contributed by atoms with Crippen molar-refractivity contribution in [2.24, 2.45) is 0 Å². The molecule has 150 valence electrons. The molecule has 0 atom stereocenters. The molecule has 0 radical (unpaired) electrons. The monoisotopic (exact) mass is 407 g/mol. The highest BCUT2D eigenvalue weighted by Gasteiger charge is 2.15. The number of thiophene rings is 1. The summed E-state index contributed by atoms with van der Waals surface area (Å²) in [5.74, 6) is 0.857. The van der Waals surface area contributed by atoms with Crippen molar-refractivity contribution < 1.29 is 4.74 Å². The number of ether oxygens (including phenoxy) is 1. The van der Waals surface area contributed by atoms with Gasteiger partial charge in [-0.3, -0.25) is 4.68 Å². The van der Waals surface area contributed by atoms with Crippen LogP contribution in [0.2, 0.25) is 0 Å². The number of rotatable bonds is 7. The van der Waals surface area contributed by atoms with Gasteiger partial charge in [0.15, 0.2) is 0 Å². The van der Waals surface area contributed by atoms with E-state index in [-0.39, 0.29) is 0 Å². The van der Waals surface area contributed by atoms with Crippen LogP contribution in [0.25, 0.3) is 21.3 Å². The smallest absolute Gasteiger partial charge is 0.139 e. The molecule has 0 saturated heterocycles. The molecule has 0 fully saturated rings. The lowest BCUT2D eigenvalue weighted by atomic mass is 10.0. The van der Waals surface area contributed by atoms with Crippen LogP contribution < -0.4 is 5.32 Å². The molecular formula is C22H25N5OS. The number of fused-ring (bicyclic) bond motifs is 1. The maximum Gasteiger partial charge on any atom is 0.139 e. The molecule has 0 aliphatic carbocycles. The molecule has 0 spiro atoms. The van der Waals surface area contributed by atoms with Gasteiger partial charge in [-0.15, -0.1) is 11.3 Å². The van der Waals surface area contributed by atoms with Crippen molar-refractivity contribution in [3.8, 4) is 11.1 Å². The van der Waals surface area contributed by atoms with Crippen LogP contribution in [0.3, 0.4) is 0 Å². The molecule has 0 aliphatic rings. The minimum atomic E-state index is 0.649. The van der Waals surface area contributed by atoms with Crippen molar-refractivity contribution in [1.29, 1.82) is 0 Å². The van der Waals surface area contributed by atoms with E-state index in [0.717, 1.165) is 39.5 Å². The van der Waals surface area contributed by atoms with E-state index in [1.165, 1.54) is 16.7 Å². The zero-order valence-corrected chi connectivity index (χ0v) is 18.0. The summed E-state index contributed by atoms with van der Waals surface area (Å²) < 4.78 is 7.20. The number of hydrogen-bond donors (Lipinski definition) is 1. The first kappa shape index (κ1) is 19.5. The predicted octanol–water partition coefficient (Wildman–Crippen LogP) is 4.74. The minimum Gasteiger partial charge on any atom is -0.383 e. The molecule has 29 heavy (non-hydrogen) atoms. The highest BCUT2D eigenvalue weighted by atomic mass is 32.1. The Morgan fingerprint density at radius 3 is 2.66 bits per heavy atom. The lowest BCUT2D eigenvalue weighted by Crippen LogP contribution is -2.08. The topological polar surface area (TPSA) is 64.9 Å². The number of nitrogens with zero attached hydrogens (tertiary/aromatic N) is 4. The van der Waals surface area contributed by atoms with E-state index in [0.29, 0.717) is 13.2 Å². The molecule has 3 aromatic heterocycles.